The van der Waals surface area contributed by atoms with Crippen LogP contribution < -0.4 is 10.0 Å². The van der Waals surface area contributed by atoms with Gasteiger partial charge in [0, 0.05) is 18.3 Å². The second-order valence-corrected chi connectivity index (χ2v) is 7.19. The predicted octanol–water partition coefficient (Wildman–Crippen LogP) is 1.98. The second kappa shape index (κ2) is 5.09. The molecule has 1 saturated carbocycles. The number of hydrogen-bond donors (Lipinski definition) is 2. The summed E-state index contributed by atoms with van der Waals surface area (Å²) in [5.41, 5.74) is -0.390. The lowest BCUT2D eigenvalue weighted by Crippen LogP contribution is -2.45. The second-order valence-electron chi connectivity index (χ2n) is 5.51. The van der Waals surface area contributed by atoms with Crippen LogP contribution in [-0.4, -0.2) is 25.5 Å². The molecule has 0 spiro atoms. The van der Waals surface area contributed by atoms with E-state index in [1.54, 1.807) is 12.1 Å². The molecule has 1 aliphatic rings. The quantitative estimate of drug-likeness (QED) is 0.837. The molecule has 0 bridgehead atoms. The van der Waals surface area contributed by atoms with Crippen LogP contribution in [-0.2, 0) is 10.0 Å². The Bertz CT molecular complexity index is 534. The van der Waals surface area contributed by atoms with Crippen molar-refractivity contribution < 1.29 is 8.42 Å². The summed E-state index contributed by atoms with van der Waals surface area (Å²) in [7, 11) is -3.49. The molecule has 1 aromatic heterocycles. The van der Waals surface area contributed by atoms with E-state index in [0.717, 1.165) is 19.4 Å². The molecule has 1 aliphatic carbocycles. The van der Waals surface area contributed by atoms with Crippen LogP contribution in [0.3, 0.4) is 0 Å². The van der Waals surface area contributed by atoms with Crippen LogP contribution in [0, 0.1) is 5.92 Å². The minimum Gasteiger partial charge on any atom is -0.370 e. The van der Waals surface area contributed by atoms with E-state index >= 15 is 0 Å². The number of rotatable bonds is 6. The maximum absolute atomic E-state index is 12.3. The van der Waals surface area contributed by atoms with Gasteiger partial charge in [-0.3, -0.25) is 0 Å². The van der Waals surface area contributed by atoms with E-state index < -0.39 is 10.0 Å². The third kappa shape index (κ3) is 3.45. The highest BCUT2D eigenvalue weighted by molar-refractivity contribution is 7.89. The van der Waals surface area contributed by atoms with Gasteiger partial charge in [0.25, 0.3) is 0 Å². The zero-order chi connectivity index (χ0) is 14.1. The van der Waals surface area contributed by atoms with Crippen molar-refractivity contribution in [1.29, 1.82) is 0 Å². The van der Waals surface area contributed by atoms with Crippen molar-refractivity contribution >= 4 is 15.8 Å². The van der Waals surface area contributed by atoms with Gasteiger partial charge < -0.3 is 5.32 Å². The fraction of sp³-hybridized carbons (Fsp3) is 0.615. The Morgan fingerprint density at radius 2 is 2.05 bits per heavy atom. The Hall–Kier alpha value is -1.14. The normalized spacial score (nSPS) is 16.4. The van der Waals surface area contributed by atoms with Gasteiger partial charge in [0.15, 0.2) is 0 Å². The molecule has 6 heteroatoms. The Balaban J connectivity index is 2.14. The molecule has 2 rings (SSSR count). The van der Waals surface area contributed by atoms with Crippen LogP contribution in [0.1, 0.15) is 33.6 Å². The van der Waals surface area contributed by atoms with Crippen LogP contribution in [0.5, 0.6) is 0 Å². The summed E-state index contributed by atoms with van der Waals surface area (Å²) < 4.78 is 27.3. The molecular formula is C13H21N3O2S. The standard InChI is InChI=1S/C13H21N3O2S/c1-4-14-12-8-7-11(9-15-12)19(17,18)16-13(2,3)10-5-6-10/h7-10,16H,4-6H2,1-3H3,(H,14,15). The van der Waals surface area contributed by atoms with Crippen molar-refractivity contribution in [3.63, 3.8) is 0 Å². The number of nitrogens with zero attached hydrogens (tertiary/aromatic N) is 1. The third-order valence-corrected chi connectivity index (χ3v) is 5.06. The molecule has 0 unspecified atom stereocenters. The number of nitrogens with one attached hydrogen (secondary N) is 2. The van der Waals surface area contributed by atoms with Gasteiger partial charge in [-0.05, 0) is 51.7 Å². The SMILES string of the molecule is CCNc1ccc(S(=O)(=O)NC(C)(C)C2CC2)cn1. The molecule has 106 valence electrons. The highest BCUT2D eigenvalue weighted by Crippen LogP contribution is 2.39. The zero-order valence-electron chi connectivity index (χ0n) is 11.6. The van der Waals surface area contributed by atoms with Gasteiger partial charge >= 0.3 is 0 Å². The molecule has 2 N–H and O–H groups in total. The van der Waals surface area contributed by atoms with Crippen LogP contribution in [0.15, 0.2) is 23.2 Å². The summed E-state index contributed by atoms with van der Waals surface area (Å²) >= 11 is 0. The van der Waals surface area contributed by atoms with E-state index in [2.05, 4.69) is 15.0 Å². The van der Waals surface area contributed by atoms with Gasteiger partial charge in [0.2, 0.25) is 10.0 Å². The van der Waals surface area contributed by atoms with Gasteiger partial charge in [0.05, 0.1) is 0 Å². The van der Waals surface area contributed by atoms with E-state index in [9.17, 15) is 8.42 Å². The largest absolute Gasteiger partial charge is 0.370 e. The average Bonchev–Trinajstić information content (AvgIpc) is 3.12. The van der Waals surface area contributed by atoms with E-state index in [4.69, 9.17) is 0 Å². The van der Waals surface area contributed by atoms with Crippen LogP contribution in [0.25, 0.3) is 0 Å². The topological polar surface area (TPSA) is 71.1 Å². The Kier molecular flexibility index (Phi) is 3.82. The molecule has 0 aliphatic heterocycles. The van der Waals surface area contributed by atoms with E-state index in [0.29, 0.717) is 11.7 Å². The minimum absolute atomic E-state index is 0.211. The maximum Gasteiger partial charge on any atom is 0.242 e. The molecule has 0 amide bonds. The Morgan fingerprint density at radius 3 is 2.53 bits per heavy atom. The summed E-state index contributed by atoms with van der Waals surface area (Å²) in [5.74, 6) is 1.12. The highest BCUT2D eigenvalue weighted by Gasteiger charge is 2.40. The zero-order valence-corrected chi connectivity index (χ0v) is 12.4. The molecule has 0 aromatic carbocycles. The maximum atomic E-state index is 12.3. The van der Waals surface area contributed by atoms with Crippen LogP contribution >= 0.6 is 0 Å². The van der Waals surface area contributed by atoms with Crippen molar-refractivity contribution in [3.8, 4) is 0 Å². The molecule has 0 radical (unpaired) electrons. The van der Waals surface area contributed by atoms with Crippen molar-refractivity contribution in [2.45, 2.75) is 44.0 Å². The number of sulfonamides is 1. The molecular weight excluding hydrogens is 262 g/mol. The van der Waals surface area contributed by atoms with Crippen molar-refractivity contribution in [2.24, 2.45) is 5.92 Å². The van der Waals surface area contributed by atoms with Gasteiger partial charge in [0.1, 0.15) is 10.7 Å². The van der Waals surface area contributed by atoms with Gasteiger partial charge in [-0.2, -0.15) is 0 Å². The summed E-state index contributed by atoms with van der Waals surface area (Å²) in [4.78, 5) is 4.31. The fourth-order valence-electron chi connectivity index (χ4n) is 2.12. The van der Waals surface area contributed by atoms with Gasteiger partial charge in [-0.15, -0.1) is 0 Å². The van der Waals surface area contributed by atoms with Crippen LogP contribution in [0.2, 0.25) is 0 Å². The first kappa shape index (κ1) is 14.3. The number of hydrogen-bond acceptors (Lipinski definition) is 4. The predicted molar refractivity (Wildman–Crippen MR) is 75.5 cm³/mol. The molecule has 1 heterocycles. The fourth-order valence-corrected chi connectivity index (χ4v) is 3.53. The lowest BCUT2D eigenvalue weighted by atomic mass is 10.0. The average molecular weight is 283 g/mol. The van der Waals surface area contributed by atoms with Gasteiger partial charge in [-0.25, -0.2) is 18.1 Å². The molecule has 1 aromatic rings. The minimum atomic E-state index is -3.49. The summed E-state index contributed by atoms with van der Waals surface area (Å²) in [6.07, 6.45) is 3.57. The van der Waals surface area contributed by atoms with Gasteiger partial charge in [-0.1, -0.05) is 0 Å². The first-order valence-electron chi connectivity index (χ1n) is 6.59. The van der Waals surface area contributed by atoms with Crippen molar-refractivity contribution in [3.05, 3.63) is 18.3 Å². The Morgan fingerprint density at radius 1 is 1.37 bits per heavy atom. The molecule has 1 fully saturated rings. The van der Waals surface area contributed by atoms with E-state index in [1.165, 1.54) is 6.20 Å². The van der Waals surface area contributed by atoms with Crippen LogP contribution in [0.4, 0.5) is 5.82 Å². The molecule has 19 heavy (non-hydrogen) atoms. The summed E-state index contributed by atoms with van der Waals surface area (Å²) in [6.45, 7) is 6.59. The number of pyridine rings is 1. The first-order valence-corrected chi connectivity index (χ1v) is 8.07. The highest BCUT2D eigenvalue weighted by atomic mass is 32.2. The first-order chi connectivity index (χ1) is 8.85. The molecule has 5 nitrogen and oxygen atoms in total. The summed E-state index contributed by atoms with van der Waals surface area (Å²) in [6, 6.07) is 3.26. The third-order valence-electron chi connectivity index (χ3n) is 3.40. The molecule has 0 saturated heterocycles. The van der Waals surface area contributed by atoms with Crippen molar-refractivity contribution in [2.75, 3.05) is 11.9 Å². The smallest absolute Gasteiger partial charge is 0.242 e. The Labute approximate surface area is 114 Å². The molecule has 0 atom stereocenters. The number of anilines is 1. The summed E-state index contributed by atoms with van der Waals surface area (Å²) in [5, 5.41) is 3.04. The lowest BCUT2D eigenvalue weighted by molar-refractivity contribution is 0.400. The lowest BCUT2D eigenvalue weighted by Gasteiger charge is -2.25. The van der Waals surface area contributed by atoms with Crippen molar-refractivity contribution in [1.82, 2.24) is 9.71 Å². The number of aromatic nitrogens is 1. The van der Waals surface area contributed by atoms with E-state index in [1.807, 2.05) is 20.8 Å². The van der Waals surface area contributed by atoms with E-state index in [-0.39, 0.29) is 10.4 Å². The monoisotopic (exact) mass is 283 g/mol.